The number of urea groups is 1. The molecule has 0 aromatic heterocycles. The number of rotatable bonds is 7. The van der Waals surface area contributed by atoms with Gasteiger partial charge in [-0.05, 0) is 25.0 Å². The smallest absolute Gasteiger partial charge is 0.328 e. The summed E-state index contributed by atoms with van der Waals surface area (Å²) in [5, 5.41) is 14.7. The van der Waals surface area contributed by atoms with Crippen molar-refractivity contribution in [1.82, 2.24) is 10.6 Å². The number of aliphatic carboxylic acids is 1. The van der Waals surface area contributed by atoms with Crippen molar-refractivity contribution in [3.05, 3.63) is 0 Å². The minimum Gasteiger partial charge on any atom is -0.480 e. The second-order valence-electron chi connectivity index (χ2n) is 4.55. The summed E-state index contributed by atoms with van der Waals surface area (Å²) in [7, 11) is 1.40. The SMILES string of the molecule is CCSC1CCC(NC(=O)NC(COC)C(=O)O)C1. The highest BCUT2D eigenvalue weighted by Crippen LogP contribution is 2.29. The minimum atomic E-state index is -1.09. The largest absolute Gasteiger partial charge is 0.480 e. The molecule has 0 heterocycles. The minimum absolute atomic E-state index is 0.0399. The first-order valence-corrected chi connectivity index (χ1v) is 7.52. The van der Waals surface area contributed by atoms with Gasteiger partial charge in [0.05, 0.1) is 6.61 Å². The van der Waals surface area contributed by atoms with Crippen molar-refractivity contribution in [1.29, 1.82) is 0 Å². The Hall–Kier alpha value is -0.950. The summed E-state index contributed by atoms with van der Waals surface area (Å²) >= 11 is 1.91. The van der Waals surface area contributed by atoms with Crippen molar-refractivity contribution in [2.24, 2.45) is 0 Å². The van der Waals surface area contributed by atoms with Crippen LogP contribution in [0.2, 0.25) is 0 Å². The van der Waals surface area contributed by atoms with E-state index in [9.17, 15) is 9.59 Å². The van der Waals surface area contributed by atoms with Crippen molar-refractivity contribution >= 4 is 23.8 Å². The molecule has 3 N–H and O–H groups in total. The average Bonchev–Trinajstić information content (AvgIpc) is 2.76. The highest BCUT2D eigenvalue weighted by molar-refractivity contribution is 7.99. The molecule has 0 saturated heterocycles. The maximum Gasteiger partial charge on any atom is 0.328 e. The molecule has 2 amide bonds. The van der Waals surface area contributed by atoms with Gasteiger partial charge in [0.2, 0.25) is 0 Å². The van der Waals surface area contributed by atoms with Gasteiger partial charge in [0.25, 0.3) is 0 Å². The first-order chi connectivity index (χ1) is 9.06. The van der Waals surface area contributed by atoms with Crippen LogP contribution in [-0.4, -0.2) is 53.9 Å². The summed E-state index contributed by atoms with van der Waals surface area (Å²) in [5.74, 6) is -0.0127. The maximum atomic E-state index is 11.7. The summed E-state index contributed by atoms with van der Waals surface area (Å²) in [4.78, 5) is 22.6. The molecule has 1 aliphatic rings. The Morgan fingerprint density at radius 1 is 1.47 bits per heavy atom. The van der Waals surface area contributed by atoms with Crippen molar-refractivity contribution in [2.45, 2.75) is 43.5 Å². The summed E-state index contributed by atoms with van der Waals surface area (Å²) in [5.41, 5.74) is 0. The highest BCUT2D eigenvalue weighted by Gasteiger charge is 2.27. The Morgan fingerprint density at radius 2 is 2.21 bits per heavy atom. The number of hydrogen-bond acceptors (Lipinski definition) is 4. The van der Waals surface area contributed by atoms with Gasteiger partial charge in [0.15, 0.2) is 6.04 Å². The lowest BCUT2D eigenvalue weighted by molar-refractivity contribution is -0.140. The summed E-state index contributed by atoms with van der Waals surface area (Å²) in [6.07, 6.45) is 3.00. The third-order valence-electron chi connectivity index (χ3n) is 3.06. The van der Waals surface area contributed by atoms with Gasteiger partial charge < -0.3 is 20.5 Å². The molecule has 19 heavy (non-hydrogen) atoms. The Bertz CT molecular complexity index is 314. The first-order valence-electron chi connectivity index (χ1n) is 6.47. The number of hydrogen-bond donors (Lipinski definition) is 3. The van der Waals surface area contributed by atoms with Gasteiger partial charge in [0, 0.05) is 18.4 Å². The van der Waals surface area contributed by atoms with Gasteiger partial charge >= 0.3 is 12.0 Å². The quantitative estimate of drug-likeness (QED) is 0.652. The average molecular weight is 290 g/mol. The van der Waals surface area contributed by atoms with E-state index in [1.165, 1.54) is 7.11 Å². The fourth-order valence-electron chi connectivity index (χ4n) is 2.18. The van der Waals surface area contributed by atoms with Crippen LogP contribution in [0.15, 0.2) is 0 Å². The summed E-state index contributed by atoms with van der Waals surface area (Å²) in [6, 6.07) is -1.30. The van der Waals surface area contributed by atoms with Crippen LogP contribution in [0.3, 0.4) is 0 Å². The van der Waals surface area contributed by atoms with Gasteiger partial charge in [-0.3, -0.25) is 0 Å². The zero-order valence-electron chi connectivity index (χ0n) is 11.3. The highest BCUT2D eigenvalue weighted by atomic mass is 32.2. The molecule has 110 valence electrons. The van der Waals surface area contributed by atoms with E-state index in [4.69, 9.17) is 9.84 Å². The Kier molecular flexibility index (Phi) is 7.01. The molecule has 1 fully saturated rings. The zero-order valence-corrected chi connectivity index (χ0v) is 12.2. The van der Waals surface area contributed by atoms with Crippen LogP contribution in [0.5, 0.6) is 0 Å². The van der Waals surface area contributed by atoms with Crippen LogP contribution in [0.4, 0.5) is 4.79 Å². The number of carbonyl (C=O) groups is 2. The molecule has 3 atom stereocenters. The molecule has 0 spiro atoms. The van der Waals surface area contributed by atoms with E-state index in [0.717, 1.165) is 25.0 Å². The molecule has 6 nitrogen and oxygen atoms in total. The van der Waals surface area contributed by atoms with Crippen LogP contribution in [-0.2, 0) is 9.53 Å². The summed E-state index contributed by atoms with van der Waals surface area (Å²) in [6.45, 7) is 2.09. The Labute approximate surface area is 117 Å². The van der Waals surface area contributed by atoms with Crippen molar-refractivity contribution in [3.8, 4) is 0 Å². The second kappa shape index (κ2) is 8.27. The number of carbonyl (C=O) groups excluding carboxylic acids is 1. The predicted octanol–water partition coefficient (Wildman–Crippen LogP) is 1.06. The standard InChI is InChI=1S/C12H22N2O4S/c1-3-19-9-5-4-8(6-9)13-12(17)14-10(7-18-2)11(15)16/h8-10H,3-7H2,1-2H3,(H,15,16)(H2,13,14,17). The number of thioether (sulfide) groups is 1. The molecule has 0 aliphatic heterocycles. The van der Waals surface area contributed by atoms with E-state index in [0.29, 0.717) is 5.25 Å². The van der Waals surface area contributed by atoms with Crippen LogP contribution in [0.25, 0.3) is 0 Å². The van der Waals surface area contributed by atoms with Gasteiger partial charge in [-0.15, -0.1) is 0 Å². The molecular formula is C12H22N2O4S. The van der Waals surface area contributed by atoms with Gasteiger partial charge in [-0.2, -0.15) is 11.8 Å². The number of carboxylic acid groups (broad SMARTS) is 1. The van der Waals surface area contributed by atoms with E-state index >= 15 is 0 Å². The molecule has 1 rings (SSSR count). The van der Waals surface area contributed by atoms with E-state index in [1.807, 2.05) is 11.8 Å². The molecule has 1 saturated carbocycles. The van der Waals surface area contributed by atoms with Crippen molar-refractivity contribution in [3.63, 3.8) is 0 Å². The van der Waals surface area contributed by atoms with Crippen molar-refractivity contribution < 1.29 is 19.4 Å². The molecule has 3 unspecified atom stereocenters. The number of nitrogens with one attached hydrogen (secondary N) is 2. The van der Waals surface area contributed by atoms with Crippen LogP contribution < -0.4 is 10.6 Å². The lowest BCUT2D eigenvalue weighted by atomic mass is 10.2. The van der Waals surface area contributed by atoms with Gasteiger partial charge in [-0.1, -0.05) is 6.92 Å². The van der Waals surface area contributed by atoms with E-state index in [1.54, 1.807) is 0 Å². The van der Waals surface area contributed by atoms with Gasteiger partial charge in [-0.25, -0.2) is 9.59 Å². The number of amides is 2. The lowest BCUT2D eigenvalue weighted by Gasteiger charge is -2.17. The second-order valence-corrected chi connectivity index (χ2v) is 6.13. The number of carboxylic acids is 1. The monoisotopic (exact) mass is 290 g/mol. The third-order valence-corrected chi connectivity index (χ3v) is 4.29. The Balaban J connectivity index is 2.32. The first kappa shape index (κ1) is 16.1. The van der Waals surface area contributed by atoms with E-state index < -0.39 is 18.0 Å². The topological polar surface area (TPSA) is 87.7 Å². The number of methoxy groups -OCH3 is 1. The molecule has 0 aromatic rings. The number of ether oxygens (including phenoxy) is 1. The molecule has 1 aliphatic carbocycles. The maximum absolute atomic E-state index is 11.7. The Morgan fingerprint density at radius 3 is 2.79 bits per heavy atom. The summed E-state index contributed by atoms with van der Waals surface area (Å²) < 4.78 is 4.76. The molecule has 0 radical (unpaired) electrons. The van der Waals surface area contributed by atoms with Crippen LogP contribution in [0.1, 0.15) is 26.2 Å². The van der Waals surface area contributed by atoms with Gasteiger partial charge in [0.1, 0.15) is 0 Å². The molecule has 0 bridgehead atoms. The van der Waals surface area contributed by atoms with Crippen molar-refractivity contribution in [2.75, 3.05) is 19.5 Å². The molecular weight excluding hydrogens is 268 g/mol. The third kappa shape index (κ3) is 5.69. The molecule has 7 heteroatoms. The zero-order chi connectivity index (χ0) is 14.3. The predicted molar refractivity (Wildman–Crippen MR) is 74.5 cm³/mol. The van der Waals surface area contributed by atoms with Crippen LogP contribution >= 0.6 is 11.8 Å². The fraction of sp³-hybridized carbons (Fsp3) is 0.833. The normalized spacial score (nSPS) is 23.9. The fourth-order valence-corrected chi connectivity index (χ4v) is 3.33. The lowest BCUT2D eigenvalue weighted by Crippen LogP contribution is -2.50. The van der Waals surface area contributed by atoms with E-state index in [-0.39, 0.29) is 12.6 Å². The van der Waals surface area contributed by atoms with Crippen LogP contribution in [0, 0.1) is 0 Å². The van der Waals surface area contributed by atoms with E-state index in [2.05, 4.69) is 17.6 Å². The molecule has 0 aromatic carbocycles.